The van der Waals surface area contributed by atoms with Crippen molar-refractivity contribution in [3.63, 3.8) is 0 Å². The Hall–Kier alpha value is -6.12. The minimum atomic E-state index is 0.0695. The van der Waals surface area contributed by atoms with Crippen LogP contribution in [-0.4, -0.2) is 6.04 Å². The van der Waals surface area contributed by atoms with Crippen LogP contribution in [0.3, 0.4) is 0 Å². The van der Waals surface area contributed by atoms with Crippen molar-refractivity contribution in [1.29, 1.82) is 0 Å². The number of allylic oxidation sites excluding steroid dienone is 17. The van der Waals surface area contributed by atoms with E-state index in [9.17, 15) is 0 Å². The van der Waals surface area contributed by atoms with Crippen molar-refractivity contribution in [3.05, 3.63) is 210 Å². The van der Waals surface area contributed by atoms with Crippen molar-refractivity contribution in [2.24, 2.45) is 17.8 Å². The fourth-order valence-corrected chi connectivity index (χ4v) is 9.18. The molecule has 0 N–H and O–H groups in total. The van der Waals surface area contributed by atoms with Crippen LogP contribution in [0.25, 0.3) is 38.6 Å². The van der Waals surface area contributed by atoms with Crippen LogP contribution in [0.15, 0.2) is 209 Å². The zero-order valence-corrected chi connectivity index (χ0v) is 30.4. The van der Waals surface area contributed by atoms with Gasteiger partial charge in [-0.25, -0.2) is 0 Å². The molecule has 1 aromatic heterocycles. The van der Waals surface area contributed by atoms with Gasteiger partial charge in [0.05, 0.1) is 11.7 Å². The van der Waals surface area contributed by atoms with E-state index in [4.69, 9.17) is 4.42 Å². The molecule has 2 heteroatoms. The number of rotatable bonds is 7. The fourth-order valence-electron chi connectivity index (χ4n) is 9.18. The smallest absolute Gasteiger partial charge is 0.159 e. The Morgan fingerprint density at radius 3 is 2.28 bits per heavy atom. The number of hydrogen-bond acceptors (Lipinski definition) is 2. The number of fused-ring (bicyclic) bond motifs is 4. The Kier molecular flexibility index (Phi) is 8.45. The van der Waals surface area contributed by atoms with Gasteiger partial charge >= 0.3 is 0 Å². The van der Waals surface area contributed by atoms with Gasteiger partial charge in [0.15, 0.2) is 5.58 Å². The van der Waals surface area contributed by atoms with Crippen molar-refractivity contribution in [2.45, 2.75) is 31.7 Å². The monoisotopic (exact) mass is 697 g/mol. The summed E-state index contributed by atoms with van der Waals surface area (Å²) in [5.74, 6) is 0.982. The third-order valence-corrected chi connectivity index (χ3v) is 11.8. The van der Waals surface area contributed by atoms with Crippen LogP contribution in [0, 0.1) is 17.8 Å². The Balaban J connectivity index is 1.08. The Labute approximate surface area is 318 Å². The maximum atomic E-state index is 6.90. The van der Waals surface area contributed by atoms with Gasteiger partial charge in [-0.05, 0) is 83.4 Å². The van der Waals surface area contributed by atoms with Crippen LogP contribution in [-0.2, 0) is 0 Å². The maximum absolute atomic E-state index is 6.90. The normalized spacial score (nSPS) is 22.9. The molecule has 4 aromatic carbocycles. The molecular weight excluding hydrogens is 655 g/mol. The SMILES string of the molecule is C1=CCCC(C2=CC=CC3C=CC(c4ccc(N(c5cccc6c5oc5cccc(-c7ccccc7)c56)C5C=CC=CC5C5=CC=CCC5)cc4)=CC23)=C1. The first kappa shape index (κ1) is 32.5. The van der Waals surface area contributed by atoms with Crippen LogP contribution in [0.2, 0.25) is 0 Å². The average molecular weight is 698 g/mol. The molecular formula is C52H43NO. The highest BCUT2D eigenvalue weighted by Crippen LogP contribution is 2.46. The second-order valence-electron chi connectivity index (χ2n) is 15.0. The number of benzene rings is 4. The number of nitrogens with zero attached hydrogens (tertiary/aromatic N) is 1. The third-order valence-electron chi connectivity index (χ3n) is 11.8. The summed E-state index contributed by atoms with van der Waals surface area (Å²) in [5, 5.41) is 2.29. The van der Waals surface area contributed by atoms with E-state index in [1.807, 2.05) is 0 Å². The minimum absolute atomic E-state index is 0.0695. The van der Waals surface area contributed by atoms with E-state index in [-0.39, 0.29) is 12.0 Å². The highest BCUT2D eigenvalue weighted by atomic mass is 16.3. The molecule has 0 radical (unpaired) electrons. The summed E-state index contributed by atoms with van der Waals surface area (Å²) < 4.78 is 6.90. The number of para-hydroxylation sites is 1. The van der Waals surface area contributed by atoms with E-state index in [1.165, 1.54) is 39.0 Å². The van der Waals surface area contributed by atoms with Gasteiger partial charge in [-0.2, -0.15) is 0 Å². The third kappa shape index (κ3) is 5.83. The number of furan rings is 1. The van der Waals surface area contributed by atoms with Crippen molar-refractivity contribution >= 4 is 38.9 Å². The standard InChI is InChI=1S/C52H43NO/c1-4-15-37(16-5-1)43-23-12-21-40-29-30-41(35-47(40)43)36-31-33-42(34-32-36)53(48-26-11-10-22-44(48)38-17-6-2-7-18-38)49-27-13-25-46-51-45(39-19-8-3-9-20-39)24-14-28-50(51)54-52(46)49/h1-4,6,8-15,17,19-35,40,44,47-48H,5,7,16,18H2. The summed E-state index contributed by atoms with van der Waals surface area (Å²) in [6, 6.07) is 33.1. The van der Waals surface area contributed by atoms with Crippen LogP contribution in [0.4, 0.5) is 11.4 Å². The lowest BCUT2D eigenvalue weighted by Gasteiger charge is -2.38. The maximum Gasteiger partial charge on any atom is 0.159 e. The largest absolute Gasteiger partial charge is 0.454 e. The quantitative estimate of drug-likeness (QED) is 0.168. The van der Waals surface area contributed by atoms with Crippen molar-refractivity contribution in [2.75, 3.05) is 4.90 Å². The van der Waals surface area contributed by atoms with Gasteiger partial charge in [0, 0.05) is 34.2 Å². The molecule has 54 heavy (non-hydrogen) atoms. The van der Waals surface area contributed by atoms with Crippen molar-refractivity contribution < 1.29 is 4.42 Å². The van der Waals surface area contributed by atoms with E-state index in [2.05, 4.69) is 193 Å². The summed E-state index contributed by atoms with van der Waals surface area (Å²) in [4.78, 5) is 2.53. The molecule has 0 aliphatic heterocycles. The minimum Gasteiger partial charge on any atom is -0.454 e. The number of anilines is 2. The molecule has 5 aliphatic rings. The first-order chi connectivity index (χ1) is 26.8. The first-order valence-corrected chi connectivity index (χ1v) is 19.5. The zero-order chi connectivity index (χ0) is 35.8. The van der Waals surface area contributed by atoms with E-state index in [1.54, 1.807) is 0 Å². The highest BCUT2D eigenvalue weighted by Gasteiger charge is 2.32. The molecule has 5 aromatic rings. The molecule has 10 rings (SSSR count). The molecule has 4 unspecified atom stereocenters. The summed E-state index contributed by atoms with van der Waals surface area (Å²) in [7, 11) is 0. The molecule has 0 fully saturated rings. The predicted molar refractivity (Wildman–Crippen MR) is 228 cm³/mol. The van der Waals surface area contributed by atoms with Crippen molar-refractivity contribution in [3.8, 4) is 11.1 Å². The van der Waals surface area contributed by atoms with Crippen LogP contribution < -0.4 is 4.90 Å². The summed E-state index contributed by atoms with van der Waals surface area (Å²) in [5.41, 5.74) is 13.4. The summed E-state index contributed by atoms with van der Waals surface area (Å²) >= 11 is 0. The summed E-state index contributed by atoms with van der Waals surface area (Å²) in [6.45, 7) is 0. The van der Waals surface area contributed by atoms with E-state index in [0.29, 0.717) is 11.8 Å². The molecule has 0 saturated carbocycles. The lowest BCUT2D eigenvalue weighted by molar-refractivity contribution is 0.603. The Bertz CT molecular complexity index is 2560. The fraction of sp³-hybridized carbons (Fsp3) is 0.154. The Morgan fingerprint density at radius 1 is 0.611 bits per heavy atom. The predicted octanol–water partition coefficient (Wildman–Crippen LogP) is 13.7. The van der Waals surface area contributed by atoms with Gasteiger partial charge in [0.25, 0.3) is 0 Å². The van der Waals surface area contributed by atoms with E-state index in [0.717, 1.165) is 59.0 Å². The van der Waals surface area contributed by atoms with Crippen molar-refractivity contribution in [1.82, 2.24) is 0 Å². The second-order valence-corrected chi connectivity index (χ2v) is 15.0. The Morgan fingerprint density at radius 2 is 1.44 bits per heavy atom. The van der Waals surface area contributed by atoms with Gasteiger partial charge in [0.2, 0.25) is 0 Å². The molecule has 0 spiro atoms. The second kappa shape index (κ2) is 14.0. The van der Waals surface area contributed by atoms with Gasteiger partial charge in [-0.3, -0.25) is 0 Å². The van der Waals surface area contributed by atoms with Crippen LogP contribution >= 0.6 is 0 Å². The van der Waals surface area contributed by atoms with Gasteiger partial charge < -0.3 is 9.32 Å². The molecule has 0 saturated heterocycles. The summed E-state index contributed by atoms with van der Waals surface area (Å²) in [6.07, 6.45) is 41.4. The molecule has 5 aliphatic carbocycles. The van der Waals surface area contributed by atoms with Crippen LogP contribution in [0.5, 0.6) is 0 Å². The lowest BCUT2D eigenvalue weighted by atomic mass is 9.73. The van der Waals surface area contributed by atoms with Gasteiger partial charge in [-0.15, -0.1) is 0 Å². The first-order valence-electron chi connectivity index (χ1n) is 19.5. The molecule has 0 bridgehead atoms. The molecule has 262 valence electrons. The highest BCUT2D eigenvalue weighted by molar-refractivity contribution is 6.15. The topological polar surface area (TPSA) is 16.4 Å². The number of hydrogen-bond donors (Lipinski definition) is 0. The zero-order valence-electron chi connectivity index (χ0n) is 30.4. The average Bonchev–Trinajstić information content (AvgIpc) is 3.65. The van der Waals surface area contributed by atoms with Gasteiger partial charge in [-0.1, -0.05) is 170 Å². The van der Waals surface area contributed by atoms with E-state index < -0.39 is 0 Å². The van der Waals surface area contributed by atoms with E-state index >= 15 is 0 Å². The molecule has 4 atom stereocenters. The van der Waals surface area contributed by atoms with Crippen LogP contribution in [0.1, 0.15) is 31.2 Å². The molecule has 2 nitrogen and oxygen atoms in total. The van der Waals surface area contributed by atoms with Gasteiger partial charge in [0.1, 0.15) is 5.58 Å². The molecule has 0 amide bonds. The molecule has 1 heterocycles. The lowest BCUT2D eigenvalue weighted by Crippen LogP contribution is -2.37.